The summed E-state index contributed by atoms with van der Waals surface area (Å²) in [5, 5.41) is 10.6. The van der Waals surface area contributed by atoms with Crippen molar-refractivity contribution in [2.75, 3.05) is 5.32 Å². The molecule has 1 aliphatic rings. The van der Waals surface area contributed by atoms with E-state index in [1.807, 2.05) is 4.57 Å². The summed E-state index contributed by atoms with van der Waals surface area (Å²) in [5.74, 6) is 0.365. The van der Waals surface area contributed by atoms with E-state index in [4.69, 9.17) is 11.6 Å². The second-order valence-electron chi connectivity index (χ2n) is 4.63. The summed E-state index contributed by atoms with van der Waals surface area (Å²) in [6, 6.07) is 3.83. The molecule has 104 valence electrons. The summed E-state index contributed by atoms with van der Waals surface area (Å²) in [6.07, 6.45) is 2.99. The van der Waals surface area contributed by atoms with Crippen LogP contribution in [-0.4, -0.2) is 20.7 Å². The van der Waals surface area contributed by atoms with Gasteiger partial charge in [0.2, 0.25) is 5.95 Å². The SMILES string of the molecule is O=C(Nc1nnc2n1CCCC2)c1ccc(F)c(Cl)c1. The molecule has 5 nitrogen and oxygen atoms in total. The summed E-state index contributed by atoms with van der Waals surface area (Å²) in [7, 11) is 0. The number of rotatable bonds is 2. The van der Waals surface area contributed by atoms with Crippen LogP contribution in [0.1, 0.15) is 29.0 Å². The highest BCUT2D eigenvalue weighted by atomic mass is 35.5. The van der Waals surface area contributed by atoms with Crippen molar-refractivity contribution < 1.29 is 9.18 Å². The van der Waals surface area contributed by atoms with Crippen molar-refractivity contribution in [2.24, 2.45) is 0 Å². The van der Waals surface area contributed by atoms with E-state index in [0.29, 0.717) is 5.95 Å². The molecule has 2 heterocycles. The molecule has 1 aliphatic heterocycles. The highest BCUT2D eigenvalue weighted by molar-refractivity contribution is 6.31. The molecular formula is C13H12ClFN4O. The lowest BCUT2D eigenvalue weighted by atomic mass is 10.2. The maximum absolute atomic E-state index is 13.1. The highest BCUT2D eigenvalue weighted by Gasteiger charge is 2.18. The van der Waals surface area contributed by atoms with E-state index < -0.39 is 5.82 Å². The van der Waals surface area contributed by atoms with Crippen molar-refractivity contribution in [3.8, 4) is 0 Å². The van der Waals surface area contributed by atoms with E-state index >= 15 is 0 Å². The quantitative estimate of drug-likeness (QED) is 0.926. The average molecular weight is 295 g/mol. The van der Waals surface area contributed by atoms with E-state index in [1.165, 1.54) is 12.1 Å². The lowest BCUT2D eigenvalue weighted by Crippen LogP contribution is -2.18. The fraction of sp³-hybridized carbons (Fsp3) is 0.308. The number of halogens is 2. The van der Waals surface area contributed by atoms with Gasteiger partial charge in [0.05, 0.1) is 5.02 Å². The first-order valence-electron chi connectivity index (χ1n) is 6.33. The second-order valence-corrected chi connectivity index (χ2v) is 5.04. The predicted octanol–water partition coefficient (Wildman–Crippen LogP) is 2.66. The maximum Gasteiger partial charge on any atom is 0.258 e. The van der Waals surface area contributed by atoms with Crippen LogP contribution in [0.15, 0.2) is 18.2 Å². The van der Waals surface area contributed by atoms with E-state index in [-0.39, 0.29) is 16.5 Å². The Balaban J connectivity index is 1.82. The molecule has 0 bridgehead atoms. The molecule has 3 rings (SSSR count). The molecule has 20 heavy (non-hydrogen) atoms. The Morgan fingerprint density at radius 3 is 3.00 bits per heavy atom. The first-order chi connectivity index (χ1) is 9.65. The van der Waals surface area contributed by atoms with Crippen molar-refractivity contribution in [2.45, 2.75) is 25.8 Å². The van der Waals surface area contributed by atoms with Crippen LogP contribution in [0.5, 0.6) is 0 Å². The molecule has 0 unspecified atom stereocenters. The molecule has 1 aromatic heterocycles. The minimum Gasteiger partial charge on any atom is -0.297 e. The lowest BCUT2D eigenvalue weighted by molar-refractivity contribution is 0.102. The topological polar surface area (TPSA) is 59.8 Å². The van der Waals surface area contributed by atoms with Crippen LogP contribution in [0, 0.1) is 5.82 Å². The van der Waals surface area contributed by atoms with Gasteiger partial charge in [0.25, 0.3) is 5.91 Å². The van der Waals surface area contributed by atoms with Crippen molar-refractivity contribution in [3.63, 3.8) is 0 Å². The summed E-state index contributed by atoms with van der Waals surface area (Å²) in [5.41, 5.74) is 0.282. The number of benzene rings is 1. The third-order valence-corrected chi connectivity index (χ3v) is 3.56. The minimum absolute atomic E-state index is 0.0825. The third kappa shape index (κ3) is 2.38. The van der Waals surface area contributed by atoms with Crippen molar-refractivity contribution in [1.29, 1.82) is 0 Å². The van der Waals surface area contributed by atoms with Crippen molar-refractivity contribution >= 4 is 23.5 Å². The van der Waals surface area contributed by atoms with Gasteiger partial charge in [-0.3, -0.25) is 14.7 Å². The maximum atomic E-state index is 13.1. The van der Waals surface area contributed by atoms with Gasteiger partial charge in [-0.15, -0.1) is 10.2 Å². The lowest BCUT2D eigenvalue weighted by Gasteiger charge is -2.14. The third-order valence-electron chi connectivity index (χ3n) is 3.27. The fourth-order valence-electron chi connectivity index (χ4n) is 2.21. The molecule has 0 radical (unpaired) electrons. The molecule has 0 fully saturated rings. The molecule has 0 saturated carbocycles. The normalized spacial score (nSPS) is 13.9. The van der Waals surface area contributed by atoms with Crippen LogP contribution in [0.25, 0.3) is 0 Å². The van der Waals surface area contributed by atoms with Gasteiger partial charge in [0.15, 0.2) is 0 Å². The van der Waals surface area contributed by atoms with Gasteiger partial charge in [-0.2, -0.15) is 0 Å². The Morgan fingerprint density at radius 1 is 1.35 bits per heavy atom. The number of aromatic nitrogens is 3. The minimum atomic E-state index is -0.553. The molecule has 1 N–H and O–H groups in total. The van der Waals surface area contributed by atoms with Gasteiger partial charge < -0.3 is 0 Å². The molecular weight excluding hydrogens is 283 g/mol. The number of anilines is 1. The summed E-state index contributed by atoms with van der Waals surface area (Å²) >= 11 is 5.67. The van der Waals surface area contributed by atoms with Gasteiger partial charge in [0.1, 0.15) is 11.6 Å². The second kappa shape index (κ2) is 5.20. The predicted molar refractivity (Wildman–Crippen MR) is 72.3 cm³/mol. The molecule has 1 amide bonds. The number of fused-ring (bicyclic) bond motifs is 1. The Bertz CT molecular complexity index is 670. The Morgan fingerprint density at radius 2 is 2.20 bits per heavy atom. The molecule has 1 aromatic carbocycles. The standard InChI is InChI=1S/C13H12ClFN4O/c14-9-7-8(4-5-10(9)15)12(20)16-13-18-17-11-3-1-2-6-19(11)13/h4-5,7H,1-3,6H2,(H,16,18,20). The first kappa shape index (κ1) is 13.1. The van der Waals surface area contributed by atoms with Gasteiger partial charge in [-0.25, -0.2) is 4.39 Å². The van der Waals surface area contributed by atoms with Gasteiger partial charge in [-0.05, 0) is 31.0 Å². The van der Waals surface area contributed by atoms with Crippen LogP contribution in [0.4, 0.5) is 10.3 Å². The number of hydrogen-bond acceptors (Lipinski definition) is 3. The summed E-state index contributed by atoms with van der Waals surface area (Å²) < 4.78 is 15.0. The van der Waals surface area contributed by atoms with Gasteiger partial charge in [-0.1, -0.05) is 11.6 Å². The van der Waals surface area contributed by atoms with Crippen molar-refractivity contribution in [1.82, 2.24) is 14.8 Å². The van der Waals surface area contributed by atoms with E-state index in [2.05, 4.69) is 15.5 Å². The summed E-state index contributed by atoms with van der Waals surface area (Å²) in [4.78, 5) is 12.1. The first-order valence-corrected chi connectivity index (χ1v) is 6.71. The van der Waals surface area contributed by atoms with Crippen LogP contribution < -0.4 is 5.32 Å². The van der Waals surface area contributed by atoms with Crippen LogP contribution in [-0.2, 0) is 13.0 Å². The zero-order valence-electron chi connectivity index (χ0n) is 10.6. The smallest absolute Gasteiger partial charge is 0.258 e. The molecule has 7 heteroatoms. The number of hydrogen-bond donors (Lipinski definition) is 1. The van der Waals surface area contributed by atoms with Crippen LogP contribution in [0.3, 0.4) is 0 Å². The highest BCUT2D eigenvalue weighted by Crippen LogP contribution is 2.19. The largest absolute Gasteiger partial charge is 0.297 e. The van der Waals surface area contributed by atoms with E-state index in [9.17, 15) is 9.18 Å². The van der Waals surface area contributed by atoms with Crippen LogP contribution in [0.2, 0.25) is 5.02 Å². The zero-order chi connectivity index (χ0) is 14.1. The number of carbonyl (C=O) groups is 1. The number of carbonyl (C=O) groups excluding carboxylic acids is 1. The summed E-state index contributed by atoms with van der Waals surface area (Å²) in [6.45, 7) is 0.794. The molecule has 0 atom stereocenters. The molecule has 0 spiro atoms. The van der Waals surface area contributed by atoms with Gasteiger partial charge in [0, 0.05) is 18.5 Å². The fourth-order valence-corrected chi connectivity index (χ4v) is 2.39. The Labute approximate surface area is 119 Å². The number of amides is 1. The zero-order valence-corrected chi connectivity index (χ0v) is 11.3. The van der Waals surface area contributed by atoms with Crippen molar-refractivity contribution in [3.05, 3.63) is 40.4 Å². The van der Waals surface area contributed by atoms with Gasteiger partial charge >= 0.3 is 0 Å². The Hall–Kier alpha value is -1.95. The number of aryl methyl sites for hydroxylation is 1. The number of nitrogens with one attached hydrogen (secondary N) is 1. The Kier molecular flexibility index (Phi) is 3.40. The van der Waals surface area contributed by atoms with Crippen LogP contribution >= 0.6 is 11.6 Å². The number of nitrogens with zero attached hydrogens (tertiary/aromatic N) is 3. The molecule has 2 aromatic rings. The molecule has 0 saturated heterocycles. The monoisotopic (exact) mass is 294 g/mol. The average Bonchev–Trinajstić information content (AvgIpc) is 2.85. The van der Waals surface area contributed by atoms with E-state index in [0.717, 1.165) is 37.7 Å². The van der Waals surface area contributed by atoms with E-state index in [1.54, 1.807) is 0 Å². The molecule has 0 aliphatic carbocycles.